The molecule has 0 radical (unpaired) electrons. The number of hydrogen-bond acceptors (Lipinski definition) is 3. The van der Waals surface area contributed by atoms with Crippen LogP contribution < -0.4 is 10.5 Å². The maximum atomic E-state index is 13.3. The minimum absolute atomic E-state index is 0.273. The van der Waals surface area contributed by atoms with E-state index in [0.29, 0.717) is 17.9 Å². The first-order valence-corrected chi connectivity index (χ1v) is 4.47. The van der Waals surface area contributed by atoms with Crippen LogP contribution in [0.15, 0.2) is 18.2 Å². The SMILES string of the molecule is CCOc1ccc(C(N)CO)c(F)c1. The Kier molecular flexibility index (Phi) is 3.85. The van der Waals surface area contributed by atoms with Crippen molar-refractivity contribution in [2.24, 2.45) is 5.73 Å². The van der Waals surface area contributed by atoms with E-state index in [-0.39, 0.29) is 6.61 Å². The molecule has 0 saturated heterocycles. The summed E-state index contributed by atoms with van der Waals surface area (Å²) >= 11 is 0. The fourth-order valence-corrected chi connectivity index (χ4v) is 1.16. The van der Waals surface area contributed by atoms with Crippen molar-refractivity contribution in [2.75, 3.05) is 13.2 Å². The fraction of sp³-hybridized carbons (Fsp3) is 0.400. The van der Waals surface area contributed by atoms with Gasteiger partial charge >= 0.3 is 0 Å². The van der Waals surface area contributed by atoms with E-state index in [4.69, 9.17) is 15.6 Å². The third kappa shape index (κ3) is 2.43. The van der Waals surface area contributed by atoms with E-state index < -0.39 is 11.9 Å². The fourth-order valence-electron chi connectivity index (χ4n) is 1.16. The lowest BCUT2D eigenvalue weighted by Gasteiger charge is -2.11. The Morgan fingerprint density at radius 1 is 1.57 bits per heavy atom. The molecule has 1 unspecified atom stereocenters. The first-order valence-electron chi connectivity index (χ1n) is 4.47. The second kappa shape index (κ2) is 4.93. The molecule has 0 aliphatic carbocycles. The van der Waals surface area contributed by atoms with Gasteiger partial charge in [-0.1, -0.05) is 6.07 Å². The van der Waals surface area contributed by atoms with Crippen LogP contribution in [-0.4, -0.2) is 18.3 Å². The Hall–Kier alpha value is -1.13. The second-order valence-electron chi connectivity index (χ2n) is 2.91. The first kappa shape index (κ1) is 10.9. The summed E-state index contributed by atoms with van der Waals surface area (Å²) in [5.74, 6) is 0.0244. The molecular weight excluding hydrogens is 185 g/mol. The summed E-state index contributed by atoms with van der Waals surface area (Å²) in [6.45, 7) is 2.04. The van der Waals surface area contributed by atoms with E-state index >= 15 is 0 Å². The van der Waals surface area contributed by atoms with E-state index in [2.05, 4.69) is 0 Å². The van der Waals surface area contributed by atoms with Crippen LogP contribution in [0.3, 0.4) is 0 Å². The van der Waals surface area contributed by atoms with Crippen molar-refractivity contribution in [3.8, 4) is 5.75 Å². The molecule has 3 N–H and O–H groups in total. The van der Waals surface area contributed by atoms with Gasteiger partial charge in [-0.15, -0.1) is 0 Å². The lowest BCUT2D eigenvalue weighted by Crippen LogP contribution is -2.16. The lowest BCUT2D eigenvalue weighted by atomic mass is 10.1. The molecule has 1 aromatic carbocycles. The molecule has 3 nitrogen and oxygen atoms in total. The van der Waals surface area contributed by atoms with Gasteiger partial charge in [-0.3, -0.25) is 0 Å². The van der Waals surface area contributed by atoms with Gasteiger partial charge in [0.05, 0.1) is 19.3 Å². The van der Waals surface area contributed by atoms with Crippen LogP contribution in [0.5, 0.6) is 5.75 Å². The van der Waals surface area contributed by atoms with Crippen molar-refractivity contribution < 1.29 is 14.2 Å². The molecular formula is C10H14FNO2. The Labute approximate surface area is 82.3 Å². The van der Waals surface area contributed by atoms with Gasteiger partial charge in [0.2, 0.25) is 0 Å². The average molecular weight is 199 g/mol. The molecule has 4 heteroatoms. The van der Waals surface area contributed by atoms with Crippen LogP contribution in [0.4, 0.5) is 4.39 Å². The molecule has 0 fully saturated rings. The van der Waals surface area contributed by atoms with Gasteiger partial charge in [-0.25, -0.2) is 4.39 Å². The van der Waals surface area contributed by atoms with E-state index in [1.54, 1.807) is 6.07 Å². The summed E-state index contributed by atoms with van der Waals surface area (Å²) in [5, 5.41) is 8.76. The van der Waals surface area contributed by atoms with Crippen molar-refractivity contribution in [2.45, 2.75) is 13.0 Å². The number of aliphatic hydroxyl groups excluding tert-OH is 1. The molecule has 0 aromatic heterocycles. The normalized spacial score (nSPS) is 12.6. The van der Waals surface area contributed by atoms with Crippen LogP contribution in [-0.2, 0) is 0 Å². The van der Waals surface area contributed by atoms with Gasteiger partial charge < -0.3 is 15.6 Å². The van der Waals surface area contributed by atoms with Crippen LogP contribution in [0, 0.1) is 5.82 Å². The highest BCUT2D eigenvalue weighted by Gasteiger charge is 2.10. The van der Waals surface area contributed by atoms with Crippen LogP contribution in [0.25, 0.3) is 0 Å². The van der Waals surface area contributed by atoms with Gasteiger partial charge in [0.15, 0.2) is 0 Å². The smallest absolute Gasteiger partial charge is 0.131 e. The van der Waals surface area contributed by atoms with E-state index in [1.165, 1.54) is 12.1 Å². The van der Waals surface area contributed by atoms with Gasteiger partial charge in [-0.2, -0.15) is 0 Å². The standard InChI is InChI=1S/C10H14FNO2/c1-2-14-7-3-4-8(9(11)5-7)10(12)6-13/h3-5,10,13H,2,6,12H2,1H3. The Bertz CT molecular complexity index is 304. The maximum absolute atomic E-state index is 13.3. The van der Waals surface area contributed by atoms with Crippen LogP contribution in [0.2, 0.25) is 0 Å². The van der Waals surface area contributed by atoms with E-state index in [1.807, 2.05) is 6.92 Å². The Morgan fingerprint density at radius 3 is 2.79 bits per heavy atom. The molecule has 0 bridgehead atoms. The molecule has 0 amide bonds. The number of nitrogens with two attached hydrogens (primary N) is 1. The molecule has 78 valence electrons. The highest BCUT2D eigenvalue weighted by molar-refractivity contribution is 5.30. The van der Waals surface area contributed by atoms with Crippen LogP contribution >= 0.6 is 0 Å². The third-order valence-corrected chi connectivity index (χ3v) is 1.88. The van der Waals surface area contributed by atoms with Crippen molar-refractivity contribution in [3.05, 3.63) is 29.6 Å². The Morgan fingerprint density at radius 2 is 2.29 bits per heavy atom. The van der Waals surface area contributed by atoms with Crippen molar-refractivity contribution in [1.29, 1.82) is 0 Å². The van der Waals surface area contributed by atoms with Crippen molar-refractivity contribution >= 4 is 0 Å². The molecule has 0 saturated carbocycles. The summed E-state index contributed by atoms with van der Waals surface area (Å²) in [7, 11) is 0. The minimum Gasteiger partial charge on any atom is -0.494 e. The van der Waals surface area contributed by atoms with E-state index in [0.717, 1.165) is 0 Å². The average Bonchev–Trinajstić information content (AvgIpc) is 2.17. The first-order chi connectivity index (χ1) is 6.69. The second-order valence-corrected chi connectivity index (χ2v) is 2.91. The number of aliphatic hydroxyl groups is 1. The highest BCUT2D eigenvalue weighted by atomic mass is 19.1. The number of ether oxygens (including phenoxy) is 1. The molecule has 14 heavy (non-hydrogen) atoms. The van der Waals surface area contributed by atoms with Gasteiger partial charge in [0.25, 0.3) is 0 Å². The molecule has 1 atom stereocenters. The summed E-state index contributed by atoms with van der Waals surface area (Å²) in [6, 6.07) is 3.76. The number of rotatable bonds is 4. The minimum atomic E-state index is -0.675. The number of benzene rings is 1. The van der Waals surface area contributed by atoms with Crippen molar-refractivity contribution in [1.82, 2.24) is 0 Å². The topological polar surface area (TPSA) is 55.5 Å². The Balaban J connectivity index is 2.89. The maximum Gasteiger partial charge on any atom is 0.131 e. The monoisotopic (exact) mass is 199 g/mol. The van der Waals surface area contributed by atoms with Crippen LogP contribution in [0.1, 0.15) is 18.5 Å². The predicted molar refractivity (Wildman–Crippen MR) is 51.6 cm³/mol. The third-order valence-electron chi connectivity index (χ3n) is 1.88. The summed E-state index contributed by atoms with van der Waals surface area (Å²) < 4.78 is 18.5. The number of hydrogen-bond donors (Lipinski definition) is 2. The summed E-state index contributed by atoms with van der Waals surface area (Å²) in [6.07, 6.45) is 0. The summed E-state index contributed by atoms with van der Waals surface area (Å²) in [4.78, 5) is 0. The van der Waals surface area contributed by atoms with Gasteiger partial charge in [0, 0.05) is 11.6 Å². The predicted octanol–water partition coefficient (Wildman–Crippen LogP) is 1.22. The molecule has 0 spiro atoms. The molecule has 0 aliphatic heterocycles. The summed E-state index contributed by atoms with van der Waals surface area (Å²) in [5.41, 5.74) is 5.79. The zero-order chi connectivity index (χ0) is 10.6. The molecule has 1 rings (SSSR count). The zero-order valence-electron chi connectivity index (χ0n) is 8.03. The lowest BCUT2D eigenvalue weighted by molar-refractivity contribution is 0.265. The number of halogens is 1. The van der Waals surface area contributed by atoms with Gasteiger partial charge in [0.1, 0.15) is 11.6 Å². The molecule has 0 heterocycles. The van der Waals surface area contributed by atoms with Gasteiger partial charge in [-0.05, 0) is 13.0 Å². The quantitative estimate of drug-likeness (QED) is 0.766. The molecule has 1 aromatic rings. The van der Waals surface area contributed by atoms with Crippen molar-refractivity contribution in [3.63, 3.8) is 0 Å². The highest BCUT2D eigenvalue weighted by Crippen LogP contribution is 2.20. The van der Waals surface area contributed by atoms with E-state index in [9.17, 15) is 4.39 Å². The zero-order valence-corrected chi connectivity index (χ0v) is 8.03. The largest absolute Gasteiger partial charge is 0.494 e. The molecule has 0 aliphatic rings.